The molecule has 21 heavy (non-hydrogen) atoms. The SMILES string of the molecule is O=C(NC1CCS(=O)CC1)c1cc([N+](=O)[O-])cc(Cl)c1Cl. The topological polar surface area (TPSA) is 89.3 Å². The lowest BCUT2D eigenvalue weighted by molar-refractivity contribution is -0.384. The fourth-order valence-electron chi connectivity index (χ4n) is 2.05. The standard InChI is InChI=1S/C12H12Cl2N2O4S/c13-10-6-8(16(18)19)5-9(11(10)14)12(17)15-7-1-3-21(20)4-2-7/h5-7H,1-4H2,(H,15,17). The highest BCUT2D eigenvalue weighted by Gasteiger charge is 2.23. The number of hydrogen-bond acceptors (Lipinski definition) is 4. The fourth-order valence-corrected chi connectivity index (χ4v) is 3.75. The maximum atomic E-state index is 12.2. The summed E-state index contributed by atoms with van der Waals surface area (Å²) in [4.78, 5) is 22.4. The Labute approximate surface area is 133 Å². The second-order valence-corrected chi connectivity index (χ2v) is 7.12. The molecule has 0 spiro atoms. The molecule has 6 nitrogen and oxygen atoms in total. The van der Waals surface area contributed by atoms with Crippen LogP contribution in [0.25, 0.3) is 0 Å². The maximum absolute atomic E-state index is 12.2. The van der Waals surface area contributed by atoms with Crippen LogP contribution >= 0.6 is 23.2 Å². The third-order valence-corrected chi connectivity index (χ3v) is 5.38. The predicted molar refractivity (Wildman–Crippen MR) is 81.5 cm³/mol. The molecule has 1 amide bonds. The Morgan fingerprint density at radius 1 is 1.33 bits per heavy atom. The van der Waals surface area contributed by atoms with Crippen LogP contribution in [0.5, 0.6) is 0 Å². The summed E-state index contributed by atoms with van der Waals surface area (Å²) in [7, 11) is -0.826. The molecule has 0 radical (unpaired) electrons. The Kier molecular flexibility index (Phi) is 5.18. The van der Waals surface area contributed by atoms with Crippen molar-refractivity contribution in [2.24, 2.45) is 0 Å². The van der Waals surface area contributed by atoms with Crippen LogP contribution in [0.2, 0.25) is 10.0 Å². The van der Waals surface area contributed by atoms with Crippen molar-refractivity contribution in [3.05, 3.63) is 37.9 Å². The summed E-state index contributed by atoms with van der Waals surface area (Å²) in [6.45, 7) is 0. The summed E-state index contributed by atoms with van der Waals surface area (Å²) < 4.78 is 11.3. The largest absolute Gasteiger partial charge is 0.349 e. The van der Waals surface area contributed by atoms with Crippen molar-refractivity contribution < 1.29 is 13.9 Å². The van der Waals surface area contributed by atoms with Gasteiger partial charge in [-0.25, -0.2) is 0 Å². The van der Waals surface area contributed by atoms with Gasteiger partial charge in [0.15, 0.2) is 0 Å². The minimum absolute atomic E-state index is 0.0147. The van der Waals surface area contributed by atoms with Crippen LogP contribution in [0, 0.1) is 10.1 Å². The predicted octanol–water partition coefficient (Wildman–Crippen LogP) is 2.54. The second-order valence-electron chi connectivity index (χ2n) is 4.64. The third kappa shape index (κ3) is 3.93. The van der Waals surface area contributed by atoms with Crippen LogP contribution in [0.15, 0.2) is 12.1 Å². The number of benzene rings is 1. The molecule has 2 rings (SSSR count). The van der Waals surface area contributed by atoms with Gasteiger partial charge in [-0.15, -0.1) is 0 Å². The Hall–Kier alpha value is -1.18. The van der Waals surface area contributed by atoms with Gasteiger partial charge >= 0.3 is 0 Å². The number of non-ortho nitro benzene ring substituents is 1. The van der Waals surface area contributed by atoms with Crippen molar-refractivity contribution in [1.29, 1.82) is 0 Å². The highest BCUT2D eigenvalue weighted by Crippen LogP contribution is 2.31. The van der Waals surface area contributed by atoms with Gasteiger partial charge in [0.1, 0.15) is 0 Å². The Morgan fingerprint density at radius 3 is 2.52 bits per heavy atom. The van der Waals surface area contributed by atoms with Gasteiger partial charge in [0.25, 0.3) is 11.6 Å². The van der Waals surface area contributed by atoms with Crippen molar-refractivity contribution in [3.8, 4) is 0 Å². The monoisotopic (exact) mass is 350 g/mol. The Bertz CT molecular complexity index is 614. The molecular weight excluding hydrogens is 339 g/mol. The molecule has 1 N–H and O–H groups in total. The van der Waals surface area contributed by atoms with Gasteiger partial charge in [0.05, 0.1) is 20.5 Å². The molecule has 0 atom stereocenters. The molecule has 1 aromatic rings. The molecule has 1 aliphatic rings. The molecule has 0 unspecified atom stereocenters. The van der Waals surface area contributed by atoms with Crippen molar-refractivity contribution in [1.82, 2.24) is 5.32 Å². The van der Waals surface area contributed by atoms with E-state index in [2.05, 4.69) is 5.32 Å². The van der Waals surface area contributed by atoms with E-state index in [1.165, 1.54) is 0 Å². The molecule has 114 valence electrons. The van der Waals surface area contributed by atoms with Crippen molar-refractivity contribution in [2.45, 2.75) is 18.9 Å². The van der Waals surface area contributed by atoms with Crippen molar-refractivity contribution in [2.75, 3.05) is 11.5 Å². The number of nitrogens with one attached hydrogen (secondary N) is 1. The third-order valence-electron chi connectivity index (χ3n) is 3.19. The summed E-state index contributed by atoms with van der Waals surface area (Å²) in [5.41, 5.74) is -0.318. The van der Waals surface area contributed by atoms with Gasteiger partial charge in [-0.1, -0.05) is 23.2 Å². The molecule has 1 fully saturated rings. The van der Waals surface area contributed by atoms with Crippen LogP contribution < -0.4 is 5.32 Å². The lowest BCUT2D eigenvalue weighted by atomic mass is 10.1. The molecule has 0 bridgehead atoms. The van der Waals surface area contributed by atoms with Crippen molar-refractivity contribution in [3.63, 3.8) is 0 Å². The molecule has 0 aromatic heterocycles. The number of rotatable bonds is 3. The quantitative estimate of drug-likeness (QED) is 0.669. The zero-order valence-corrected chi connectivity index (χ0v) is 13.1. The number of amides is 1. The van der Waals surface area contributed by atoms with Gasteiger partial charge in [0, 0.05) is 40.5 Å². The fraction of sp³-hybridized carbons (Fsp3) is 0.417. The zero-order valence-electron chi connectivity index (χ0n) is 10.8. The van der Waals surface area contributed by atoms with Crippen LogP contribution in [-0.2, 0) is 10.8 Å². The number of nitro groups is 1. The molecule has 1 aliphatic heterocycles. The molecule has 1 aromatic carbocycles. The molecule has 1 saturated heterocycles. The zero-order chi connectivity index (χ0) is 15.6. The minimum Gasteiger partial charge on any atom is -0.349 e. The smallest absolute Gasteiger partial charge is 0.271 e. The minimum atomic E-state index is -0.826. The lowest BCUT2D eigenvalue weighted by Gasteiger charge is -2.22. The molecule has 9 heteroatoms. The summed E-state index contributed by atoms with van der Waals surface area (Å²) in [5, 5.41) is 13.5. The van der Waals surface area contributed by atoms with E-state index in [1.54, 1.807) is 0 Å². The molecular formula is C12H12Cl2N2O4S. The molecule has 0 aliphatic carbocycles. The highest BCUT2D eigenvalue weighted by atomic mass is 35.5. The van der Waals surface area contributed by atoms with E-state index >= 15 is 0 Å². The number of nitro benzene ring substituents is 1. The summed E-state index contributed by atoms with van der Waals surface area (Å²) >= 11 is 11.8. The van der Waals surface area contributed by atoms with Gasteiger partial charge < -0.3 is 5.32 Å². The normalized spacial score (nSPS) is 21.8. The van der Waals surface area contributed by atoms with Gasteiger partial charge in [0.2, 0.25) is 0 Å². The highest BCUT2D eigenvalue weighted by molar-refractivity contribution is 7.85. The maximum Gasteiger partial charge on any atom is 0.271 e. The average molecular weight is 351 g/mol. The van der Waals surface area contributed by atoms with E-state index in [4.69, 9.17) is 23.2 Å². The lowest BCUT2D eigenvalue weighted by Crippen LogP contribution is -2.39. The summed E-state index contributed by atoms with van der Waals surface area (Å²) in [6.07, 6.45) is 1.22. The number of halogens is 2. The first kappa shape index (κ1) is 16.2. The summed E-state index contributed by atoms with van der Waals surface area (Å²) in [6, 6.07) is 2.10. The van der Waals surface area contributed by atoms with Crippen LogP contribution in [0.3, 0.4) is 0 Å². The number of carbonyl (C=O) groups is 1. The first-order valence-electron chi connectivity index (χ1n) is 6.17. The van der Waals surface area contributed by atoms with E-state index < -0.39 is 21.6 Å². The first-order chi connectivity index (χ1) is 9.88. The number of hydrogen-bond donors (Lipinski definition) is 1. The molecule has 0 saturated carbocycles. The van der Waals surface area contributed by atoms with E-state index in [9.17, 15) is 19.1 Å². The van der Waals surface area contributed by atoms with E-state index in [1.807, 2.05) is 0 Å². The van der Waals surface area contributed by atoms with Gasteiger partial charge in [-0.3, -0.25) is 19.1 Å². The van der Waals surface area contributed by atoms with Crippen LogP contribution in [0.4, 0.5) is 5.69 Å². The van der Waals surface area contributed by atoms with Crippen LogP contribution in [0.1, 0.15) is 23.2 Å². The molecule has 1 heterocycles. The van der Waals surface area contributed by atoms with Gasteiger partial charge in [-0.2, -0.15) is 0 Å². The van der Waals surface area contributed by atoms with Crippen molar-refractivity contribution >= 4 is 45.6 Å². The van der Waals surface area contributed by atoms with Gasteiger partial charge in [-0.05, 0) is 12.8 Å². The van der Waals surface area contributed by atoms with E-state index in [-0.39, 0.29) is 27.3 Å². The Morgan fingerprint density at radius 2 is 1.95 bits per heavy atom. The number of nitrogens with zero attached hydrogens (tertiary/aromatic N) is 1. The van der Waals surface area contributed by atoms with Crippen LogP contribution in [-0.4, -0.2) is 32.6 Å². The van der Waals surface area contributed by atoms with E-state index in [0.29, 0.717) is 24.3 Å². The Balaban J connectivity index is 2.18. The average Bonchev–Trinajstić information content (AvgIpc) is 2.43. The van der Waals surface area contributed by atoms with E-state index in [0.717, 1.165) is 12.1 Å². The second kappa shape index (κ2) is 6.72. The number of carbonyl (C=O) groups excluding carboxylic acids is 1. The first-order valence-corrected chi connectivity index (χ1v) is 8.42. The summed E-state index contributed by atoms with van der Waals surface area (Å²) in [5.74, 6) is 0.561.